The number of rotatable bonds is 11. The molecule has 1 aromatic heterocycles. The minimum atomic E-state index is 0.287. The first-order valence-corrected chi connectivity index (χ1v) is 14.4. The van der Waals surface area contributed by atoms with Gasteiger partial charge in [-0.3, -0.25) is 0 Å². The molecule has 0 spiro atoms. The normalized spacial score (nSPS) is 19.7. The molecule has 9 heteroatoms. The van der Waals surface area contributed by atoms with Crippen molar-refractivity contribution in [1.82, 2.24) is 20.3 Å². The van der Waals surface area contributed by atoms with Crippen molar-refractivity contribution in [3.8, 4) is 5.75 Å². The zero-order valence-corrected chi connectivity index (χ0v) is 23.2. The highest BCUT2D eigenvalue weighted by Gasteiger charge is 2.24. The second-order valence-electron chi connectivity index (χ2n) is 9.62. The Kier molecular flexibility index (Phi) is 10.1. The van der Waals surface area contributed by atoms with Gasteiger partial charge in [-0.1, -0.05) is 39.5 Å². The molecule has 192 valence electrons. The van der Waals surface area contributed by atoms with Gasteiger partial charge < -0.3 is 26.0 Å². The number of ether oxygens (including phenoxy) is 1. The summed E-state index contributed by atoms with van der Waals surface area (Å²) in [6.07, 6.45) is 11.9. The Balaban J connectivity index is 1.54. The predicted octanol–water partition coefficient (Wildman–Crippen LogP) is 6.09. The molecule has 2 aromatic rings. The number of nitrogens with zero attached hydrogens (tertiary/aromatic N) is 3. The lowest BCUT2D eigenvalue weighted by molar-refractivity contribution is 0.315. The first-order valence-electron chi connectivity index (χ1n) is 13.4. The molecule has 4 rings (SSSR count). The SMILES string of the molecule is CCCOc1ccc(Nc2nc(NC3CCCCCC3)nc(NC(CC)C3CCCN3)n2)cc1I. The molecule has 0 amide bonds. The Morgan fingerprint density at radius 1 is 1.00 bits per heavy atom. The van der Waals surface area contributed by atoms with Crippen LogP contribution in [0, 0.1) is 3.57 Å². The second kappa shape index (κ2) is 13.4. The summed E-state index contributed by atoms with van der Waals surface area (Å²) < 4.78 is 6.89. The maximum absolute atomic E-state index is 5.83. The summed E-state index contributed by atoms with van der Waals surface area (Å²) >= 11 is 2.31. The number of hydrogen-bond acceptors (Lipinski definition) is 8. The number of aromatic nitrogens is 3. The molecular weight excluding hydrogens is 553 g/mol. The van der Waals surface area contributed by atoms with Crippen molar-refractivity contribution in [3.63, 3.8) is 0 Å². The van der Waals surface area contributed by atoms with Gasteiger partial charge in [-0.05, 0) is 85.9 Å². The number of nitrogens with one attached hydrogen (secondary N) is 4. The Bertz CT molecular complexity index is 930. The summed E-state index contributed by atoms with van der Waals surface area (Å²) in [6.45, 7) is 6.13. The molecule has 4 N–H and O–H groups in total. The van der Waals surface area contributed by atoms with Crippen LogP contribution in [-0.4, -0.2) is 46.2 Å². The molecule has 2 unspecified atom stereocenters. The number of halogens is 1. The van der Waals surface area contributed by atoms with E-state index in [4.69, 9.17) is 19.7 Å². The van der Waals surface area contributed by atoms with Gasteiger partial charge in [-0.2, -0.15) is 15.0 Å². The van der Waals surface area contributed by atoms with Crippen LogP contribution in [0.2, 0.25) is 0 Å². The average molecular weight is 594 g/mol. The lowest BCUT2D eigenvalue weighted by Crippen LogP contribution is -2.40. The molecule has 2 heterocycles. The van der Waals surface area contributed by atoms with Crippen LogP contribution < -0.4 is 26.0 Å². The predicted molar refractivity (Wildman–Crippen MR) is 152 cm³/mol. The van der Waals surface area contributed by atoms with E-state index in [1.165, 1.54) is 38.5 Å². The fourth-order valence-corrected chi connectivity index (χ4v) is 5.58. The molecular formula is C26H40IN7O. The lowest BCUT2D eigenvalue weighted by atomic mass is 10.0. The van der Waals surface area contributed by atoms with Gasteiger partial charge in [0.05, 0.1) is 10.2 Å². The molecule has 2 atom stereocenters. The van der Waals surface area contributed by atoms with E-state index in [1.807, 2.05) is 12.1 Å². The van der Waals surface area contributed by atoms with E-state index >= 15 is 0 Å². The maximum atomic E-state index is 5.83. The monoisotopic (exact) mass is 593 g/mol. The third-order valence-electron chi connectivity index (χ3n) is 6.81. The summed E-state index contributed by atoms with van der Waals surface area (Å²) in [5.41, 5.74) is 0.931. The van der Waals surface area contributed by atoms with Crippen molar-refractivity contribution in [3.05, 3.63) is 21.8 Å². The molecule has 1 saturated heterocycles. The van der Waals surface area contributed by atoms with E-state index in [-0.39, 0.29) is 6.04 Å². The Morgan fingerprint density at radius 3 is 2.46 bits per heavy atom. The van der Waals surface area contributed by atoms with E-state index in [0.717, 1.165) is 53.8 Å². The van der Waals surface area contributed by atoms with Crippen LogP contribution >= 0.6 is 22.6 Å². The van der Waals surface area contributed by atoms with Crippen LogP contribution in [0.3, 0.4) is 0 Å². The van der Waals surface area contributed by atoms with Crippen molar-refractivity contribution >= 4 is 46.1 Å². The van der Waals surface area contributed by atoms with E-state index in [0.29, 0.717) is 29.9 Å². The third kappa shape index (κ3) is 7.80. The number of anilines is 4. The van der Waals surface area contributed by atoms with E-state index in [2.05, 4.69) is 63.8 Å². The quantitative estimate of drug-likeness (QED) is 0.184. The van der Waals surface area contributed by atoms with Gasteiger partial charge in [-0.25, -0.2) is 0 Å². The van der Waals surface area contributed by atoms with E-state index in [9.17, 15) is 0 Å². The smallest absolute Gasteiger partial charge is 0.233 e. The van der Waals surface area contributed by atoms with Crippen molar-refractivity contribution in [2.75, 3.05) is 29.1 Å². The van der Waals surface area contributed by atoms with E-state index < -0.39 is 0 Å². The third-order valence-corrected chi connectivity index (χ3v) is 7.65. The topological polar surface area (TPSA) is 96.0 Å². The van der Waals surface area contributed by atoms with Crippen LogP contribution in [0.1, 0.15) is 78.1 Å². The van der Waals surface area contributed by atoms with Crippen molar-refractivity contribution in [2.24, 2.45) is 0 Å². The van der Waals surface area contributed by atoms with Crippen LogP contribution in [-0.2, 0) is 0 Å². The second-order valence-corrected chi connectivity index (χ2v) is 10.8. The summed E-state index contributed by atoms with van der Waals surface area (Å²) in [5, 5.41) is 14.2. The van der Waals surface area contributed by atoms with Crippen molar-refractivity contribution < 1.29 is 4.74 Å². The lowest BCUT2D eigenvalue weighted by Gasteiger charge is -2.24. The zero-order chi connectivity index (χ0) is 24.5. The van der Waals surface area contributed by atoms with Crippen LogP contribution in [0.5, 0.6) is 5.75 Å². The minimum Gasteiger partial charge on any atom is -0.492 e. The van der Waals surface area contributed by atoms with Gasteiger partial charge in [0.15, 0.2) is 0 Å². The van der Waals surface area contributed by atoms with Crippen molar-refractivity contribution in [1.29, 1.82) is 0 Å². The maximum Gasteiger partial charge on any atom is 0.233 e. The summed E-state index contributed by atoms with van der Waals surface area (Å²) in [5.74, 6) is 2.72. The molecule has 1 aliphatic carbocycles. The van der Waals surface area contributed by atoms with Gasteiger partial charge >= 0.3 is 0 Å². The fourth-order valence-electron chi connectivity index (χ4n) is 4.91. The van der Waals surface area contributed by atoms with Gasteiger partial charge in [-0.15, -0.1) is 0 Å². The summed E-state index contributed by atoms with van der Waals surface area (Å²) in [7, 11) is 0. The molecule has 8 nitrogen and oxygen atoms in total. The Morgan fingerprint density at radius 2 is 1.77 bits per heavy atom. The highest BCUT2D eigenvalue weighted by Crippen LogP contribution is 2.27. The van der Waals surface area contributed by atoms with Gasteiger partial charge in [0, 0.05) is 23.8 Å². The Labute approximate surface area is 223 Å². The largest absolute Gasteiger partial charge is 0.492 e. The van der Waals surface area contributed by atoms with Gasteiger partial charge in [0.1, 0.15) is 5.75 Å². The molecule has 1 aliphatic heterocycles. The summed E-state index contributed by atoms with van der Waals surface area (Å²) in [6, 6.07) is 7.23. The van der Waals surface area contributed by atoms with Gasteiger partial charge in [0.25, 0.3) is 0 Å². The van der Waals surface area contributed by atoms with Crippen LogP contribution in [0.25, 0.3) is 0 Å². The van der Waals surface area contributed by atoms with E-state index in [1.54, 1.807) is 0 Å². The number of benzene rings is 1. The molecule has 2 fully saturated rings. The molecule has 35 heavy (non-hydrogen) atoms. The Hall–Kier alpha value is -1.88. The average Bonchev–Trinajstić information content (AvgIpc) is 3.27. The van der Waals surface area contributed by atoms with Crippen LogP contribution in [0.15, 0.2) is 18.2 Å². The summed E-state index contributed by atoms with van der Waals surface area (Å²) in [4.78, 5) is 14.3. The molecule has 1 saturated carbocycles. The van der Waals surface area contributed by atoms with Crippen LogP contribution in [0.4, 0.5) is 23.5 Å². The minimum absolute atomic E-state index is 0.287. The first-order chi connectivity index (χ1) is 17.1. The highest BCUT2D eigenvalue weighted by atomic mass is 127. The zero-order valence-electron chi connectivity index (χ0n) is 21.1. The molecule has 0 radical (unpaired) electrons. The van der Waals surface area contributed by atoms with Gasteiger partial charge in [0.2, 0.25) is 17.8 Å². The number of hydrogen-bond donors (Lipinski definition) is 4. The van der Waals surface area contributed by atoms with Crippen molar-refractivity contribution in [2.45, 2.75) is 96.2 Å². The fraction of sp³-hybridized carbons (Fsp3) is 0.654. The standard InChI is InChI=1S/C26H40IN7O/c1-3-16-35-23-14-13-19(17-20(23)27)30-25-32-24(29-18-10-7-5-6-8-11-18)33-26(34-25)31-21(4-2)22-12-9-15-28-22/h13-14,17-18,21-22,28H,3-12,15-16H2,1-2H3,(H3,29,30,31,32,33,34). The highest BCUT2D eigenvalue weighted by molar-refractivity contribution is 14.1. The first kappa shape index (κ1) is 26.2. The molecule has 2 aliphatic rings. The molecule has 1 aromatic carbocycles. The molecule has 0 bridgehead atoms.